The Bertz CT molecular complexity index is 709. The summed E-state index contributed by atoms with van der Waals surface area (Å²) in [6, 6.07) is 10.1. The third kappa shape index (κ3) is 4.17. The maximum atomic E-state index is 11.9. The standard InChI is InChI=1S/C16H12Cl3NO2/c1-22-15-7-5-10(9-14(15)19)20-16(21)8-6-11-12(17)3-2-4-13(11)18/h2-9H,1H3,(H,20,21). The largest absolute Gasteiger partial charge is 0.495 e. The van der Waals surface area contributed by atoms with Crippen molar-refractivity contribution in [2.24, 2.45) is 0 Å². The number of hydrogen-bond acceptors (Lipinski definition) is 2. The summed E-state index contributed by atoms with van der Waals surface area (Å²) in [6.45, 7) is 0. The molecule has 0 unspecified atom stereocenters. The van der Waals surface area contributed by atoms with Gasteiger partial charge in [0.2, 0.25) is 5.91 Å². The average molecular weight is 357 g/mol. The molecule has 2 aromatic rings. The average Bonchev–Trinajstić information content (AvgIpc) is 2.47. The highest BCUT2D eigenvalue weighted by Crippen LogP contribution is 2.28. The maximum absolute atomic E-state index is 11.9. The number of carbonyl (C=O) groups is 1. The molecule has 1 N–H and O–H groups in total. The number of rotatable bonds is 4. The second-order valence-electron chi connectivity index (χ2n) is 4.31. The maximum Gasteiger partial charge on any atom is 0.248 e. The van der Waals surface area contributed by atoms with Crippen LogP contribution in [0.3, 0.4) is 0 Å². The van der Waals surface area contributed by atoms with Crippen molar-refractivity contribution in [3.8, 4) is 5.75 Å². The van der Waals surface area contributed by atoms with Crippen LogP contribution in [0.25, 0.3) is 6.08 Å². The molecule has 22 heavy (non-hydrogen) atoms. The van der Waals surface area contributed by atoms with Gasteiger partial charge in [0.25, 0.3) is 0 Å². The van der Waals surface area contributed by atoms with E-state index in [0.717, 1.165) is 0 Å². The molecule has 0 fully saturated rings. The molecule has 0 bridgehead atoms. The van der Waals surface area contributed by atoms with Gasteiger partial charge in [-0.2, -0.15) is 0 Å². The van der Waals surface area contributed by atoms with E-state index in [4.69, 9.17) is 39.5 Å². The molecular formula is C16H12Cl3NO2. The number of carbonyl (C=O) groups excluding carboxylic acids is 1. The Balaban J connectivity index is 2.10. The van der Waals surface area contributed by atoms with E-state index in [1.165, 1.54) is 13.2 Å². The molecule has 2 rings (SSSR count). The molecule has 0 saturated heterocycles. The predicted molar refractivity (Wildman–Crippen MR) is 92.1 cm³/mol. The van der Waals surface area contributed by atoms with Crippen LogP contribution in [0.1, 0.15) is 5.56 Å². The third-order valence-electron chi connectivity index (χ3n) is 2.82. The van der Waals surface area contributed by atoms with E-state index in [-0.39, 0.29) is 5.91 Å². The van der Waals surface area contributed by atoms with Gasteiger partial charge in [0.15, 0.2) is 0 Å². The summed E-state index contributed by atoms with van der Waals surface area (Å²) in [7, 11) is 1.52. The lowest BCUT2D eigenvalue weighted by atomic mass is 10.2. The van der Waals surface area contributed by atoms with Crippen LogP contribution in [0.15, 0.2) is 42.5 Å². The molecule has 0 aliphatic rings. The van der Waals surface area contributed by atoms with Gasteiger partial charge < -0.3 is 10.1 Å². The summed E-state index contributed by atoms with van der Waals surface area (Å²) < 4.78 is 5.05. The number of anilines is 1. The molecule has 0 atom stereocenters. The number of methoxy groups -OCH3 is 1. The first-order valence-corrected chi connectivity index (χ1v) is 7.41. The van der Waals surface area contributed by atoms with Gasteiger partial charge in [-0.05, 0) is 36.4 Å². The van der Waals surface area contributed by atoms with Crippen molar-refractivity contribution in [3.63, 3.8) is 0 Å². The van der Waals surface area contributed by atoms with Crippen LogP contribution >= 0.6 is 34.8 Å². The summed E-state index contributed by atoms with van der Waals surface area (Å²) in [6.07, 6.45) is 2.91. The van der Waals surface area contributed by atoms with Crippen molar-refractivity contribution >= 4 is 52.5 Å². The van der Waals surface area contributed by atoms with Gasteiger partial charge in [-0.3, -0.25) is 4.79 Å². The van der Waals surface area contributed by atoms with Gasteiger partial charge in [-0.15, -0.1) is 0 Å². The lowest BCUT2D eigenvalue weighted by molar-refractivity contribution is -0.111. The van der Waals surface area contributed by atoms with Gasteiger partial charge >= 0.3 is 0 Å². The van der Waals surface area contributed by atoms with E-state index in [2.05, 4.69) is 5.32 Å². The molecule has 0 radical (unpaired) electrons. The minimum atomic E-state index is -0.322. The Morgan fingerprint density at radius 1 is 1.09 bits per heavy atom. The van der Waals surface area contributed by atoms with E-state index < -0.39 is 0 Å². The first-order chi connectivity index (χ1) is 10.5. The van der Waals surface area contributed by atoms with Crippen LogP contribution in [0.5, 0.6) is 5.75 Å². The van der Waals surface area contributed by atoms with Crippen molar-refractivity contribution in [2.45, 2.75) is 0 Å². The van der Waals surface area contributed by atoms with E-state index in [1.54, 1.807) is 42.5 Å². The number of halogens is 3. The van der Waals surface area contributed by atoms with Crippen LogP contribution in [-0.2, 0) is 4.79 Å². The van der Waals surface area contributed by atoms with Crippen LogP contribution < -0.4 is 10.1 Å². The summed E-state index contributed by atoms with van der Waals surface area (Å²) in [5, 5.41) is 4.06. The fraction of sp³-hybridized carbons (Fsp3) is 0.0625. The molecule has 114 valence electrons. The van der Waals surface area contributed by atoms with Crippen LogP contribution in [0, 0.1) is 0 Å². The topological polar surface area (TPSA) is 38.3 Å². The zero-order chi connectivity index (χ0) is 16.1. The molecule has 0 spiro atoms. The van der Waals surface area contributed by atoms with E-state index >= 15 is 0 Å². The Labute approximate surface area is 143 Å². The van der Waals surface area contributed by atoms with Gasteiger partial charge in [0.1, 0.15) is 5.75 Å². The molecular weight excluding hydrogens is 345 g/mol. The highest BCUT2D eigenvalue weighted by atomic mass is 35.5. The molecule has 0 aliphatic carbocycles. The van der Waals surface area contributed by atoms with Gasteiger partial charge in [0.05, 0.1) is 12.1 Å². The monoisotopic (exact) mass is 355 g/mol. The predicted octanol–water partition coefficient (Wildman–Crippen LogP) is 5.31. The van der Waals surface area contributed by atoms with Crippen molar-refractivity contribution in [1.29, 1.82) is 0 Å². The number of nitrogens with one attached hydrogen (secondary N) is 1. The second-order valence-corrected chi connectivity index (χ2v) is 5.53. The highest BCUT2D eigenvalue weighted by molar-refractivity contribution is 6.37. The van der Waals surface area contributed by atoms with E-state index in [9.17, 15) is 4.79 Å². The molecule has 0 aliphatic heterocycles. The highest BCUT2D eigenvalue weighted by Gasteiger charge is 2.05. The van der Waals surface area contributed by atoms with Crippen molar-refractivity contribution in [1.82, 2.24) is 0 Å². The first kappa shape index (κ1) is 16.7. The van der Waals surface area contributed by atoms with Crippen molar-refractivity contribution in [3.05, 3.63) is 63.1 Å². The SMILES string of the molecule is COc1ccc(NC(=O)C=Cc2c(Cl)cccc2Cl)cc1Cl. The third-order valence-corrected chi connectivity index (χ3v) is 3.77. The molecule has 1 amide bonds. The summed E-state index contributed by atoms with van der Waals surface area (Å²) >= 11 is 18.1. The van der Waals surface area contributed by atoms with Crippen LogP contribution in [-0.4, -0.2) is 13.0 Å². The molecule has 6 heteroatoms. The Morgan fingerprint density at radius 2 is 1.77 bits per heavy atom. The second kappa shape index (κ2) is 7.54. The van der Waals surface area contributed by atoms with E-state index in [0.29, 0.717) is 32.1 Å². The van der Waals surface area contributed by atoms with Crippen LogP contribution in [0.4, 0.5) is 5.69 Å². The minimum Gasteiger partial charge on any atom is -0.495 e. The Hall–Kier alpha value is -1.68. The van der Waals surface area contributed by atoms with E-state index in [1.807, 2.05) is 0 Å². The van der Waals surface area contributed by atoms with Crippen molar-refractivity contribution in [2.75, 3.05) is 12.4 Å². The number of amides is 1. The summed E-state index contributed by atoms with van der Waals surface area (Å²) in [4.78, 5) is 11.9. The van der Waals surface area contributed by atoms with Crippen LogP contribution in [0.2, 0.25) is 15.1 Å². The zero-order valence-electron chi connectivity index (χ0n) is 11.6. The van der Waals surface area contributed by atoms with Gasteiger partial charge in [0, 0.05) is 27.4 Å². The fourth-order valence-corrected chi connectivity index (χ4v) is 2.54. The van der Waals surface area contributed by atoms with Gasteiger partial charge in [-0.25, -0.2) is 0 Å². The Morgan fingerprint density at radius 3 is 2.36 bits per heavy atom. The lowest BCUT2D eigenvalue weighted by Gasteiger charge is -2.06. The lowest BCUT2D eigenvalue weighted by Crippen LogP contribution is -2.07. The van der Waals surface area contributed by atoms with Crippen molar-refractivity contribution < 1.29 is 9.53 Å². The number of hydrogen-bond donors (Lipinski definition) is 1. The molecule has 0 heterocycles. The fourth-order valence-electron chi connectivity index (χ4n) is 1.76. The summed E-state index contributed by atoms with van der Waals surface area (Å²) in [5.74, 6) is 0.218. The molecule has 0 aromatic heterocycles. The normalized spacial score (nSPS) is 10.7. The van der Waals surface area contributed by atoms with Gasteiger partial charge in [-0.1, -0.05) is 40.9 Å². The molecule has 0 saturated carbocycles. The quantitative estimate of drug-likeness (QED) is 0.754. The Kier molecular flexibility index (Phi) is 5.72. The molecule has 3 nitrogen and oxygen atoms in total. The first-order valence-electron chi connectivity index (χ1n) is 6.28. The number of benzene rings is 2. The minimum absolute atomic E-state index is 0.322. The molecule has 2 aromatic carbocycles. The number of ether oxygens (including phenoxy) is 1. The summed E-state index contributed by atoms with van der Waals surface area (Å²) in [5.41, 5.74) is 1.15. The smallest absolute Gasteiger partial charge is 0.248 e. The zero-order valence-corrected chi connectivity index (χ0v) is 13.8.